The largest absolute Gasteiger partial charge is 0.759 e. The first kappa shape index (κ1) is 5.99. The molecule has 3 N–H and O–H groups in total. The van der Waals surface area contributed by atoms with Crippen molar-refractivity contribution in [1.29, 1.82) is 0 Å². The van der Waals surface area contributed by atoms with Crippen LogP contribution in [0.15, 0.2) is 0 Å². The average Bonchev–Trinajstić information content (AvgIpc) is 1.35. The molecule has 1 unspecified atom stereocenters. The summed E-state index contributed by atoms with van der Waals surface area (Å²) in [6.07, 6.45) is 0. The normalized spacial score (nSPS) is 14.3. The van der Waals surface area contributed by atoms with Crippen LogP contribution in [0.4, 0.5) is 0 Å². The minimum atomic E-state index is -2.43. The maximum absolute atomic E-state index is 9.27. The van der Waals surface area contributed by atoms with Crippen LogP contribution >= 0.6 is 0 Å². The quantitative estimate of drug-likeness (QED) is 0.292. The van der Waals surface area contributed by atoms with Crippen molar-refractivity contribution in [3.63, 3.8) is 0 Å². The van der Waals surface area contributed by atoms with E-state index in [1.54, 1.807) is 0 Å². The Labute approximate surface area is 36.7 Å². The fourth-order valence-electron chi connectivity index (χ4n) is 0.0373. The molecule has 38 valence electrons. The molecule has 0 aromatic carbocycles. The molecule has 0 spiro atoms. The van der Waals surface area contributed by atoms with Crippen molar-refractivity contribution < 1.29 is 14.0 Å². The van der Waals surface area contributed by atoms with Crippen molar-refractivity contribution in [2.75, 3.05) is 0 Å². The fourth-order valence-corrected chi connectivity index (χ4v) is 0.112. The van der Waals surface area contributed by atoms with Gasteiger partial charge in [-0.25, -0.2) is 0 Å². The summed E-state index contributed by atoms with van der Waals surface area (Å²) >= 11 is -2.43. The monoisotopic (exact) mass is 111 g/mol. The Morgan fingerprint density at radius 2 is 2.33 bits per heavy atom. The molecule has 6 heavy (non-hydrogen) atoms. The molecule has 0 bridgehead atoms. The van der Waals surface area contributed by atoms with Gasteiger partial charge in [0.15, 0.2) is 0 Å². The molecule has 0 aromatic rings. The van der Waals surface area contributed by atoms with Crippen LogP contribution in [0.1, 0.15) is 0 Å². The van der Waals surface area contributed by atoms with Crippen molar-refractivity contribution in [3.05, 3.63) is 0 Å². The van der Waals surface area contributed by atoms with E-state index in [1.807, 2.05) is 0 Å². The molecule has 0 heterocycles. The highest BCUT2D eigenvalue weighted by molar-refractivity contribution is 7.76. The molecule has 0 fully saturated rings. The number of rotatable bonds is 2. The zero-order valence-electron chi connectivity index (χ0n) is 2.67. The summed E-state index contributed by atoms with van der Waals surface area (Å²) in [5.74, 6) is 0. The second-order valence-corrected chi connectivity index (χ2v) is 1.12. The maximum Gasteiger partial charge on any atom is 0.0343 e. The van der Waals surface area contributed by atoms with E-state index >= 15 is 0 Å². The van der Waals surface area contributed by atoms with Crippen LogP contribution in [0.25, 0.3) is 0 Å². The zero-order valence-corrected chi connectivity index (χ0v) is 3.49. The van der Waals surface area contributed by atoms with Crippen molar-refractivity contribution in [3.8, 4) is 0 Å². The lowest BCUT2D eigenvalue weighted by Gasteiger charge is -2.00. The molecule has 6 heteroatoms. The summed E-state index contributed by atoms with van der Waals surface area (Å²) in [5, 5.41) is 7.48. The molecular weight excluding hydrogens is 108 g/mol. The number of nitrogens with one attached hydrogen (secondary N) is 2. The topological polar surface area (TPSA) is 84.4 Å². The second-order valence-electron chi connectivity index (χ2n) is 0.449. The van der Waals surface area contributed by atoms with Gasteiger partial charge in [-0.3, -0.25) is 4.21 Å². The highest BCUT2D eigenvalue weighted by atomic mass is 32.2. The number of hydrazine groups is 1. The van der Waals surface area contributed by atoms with Crippen LogP contribution in [0, 0.1) is 0 Å². The molecule has 0 saturated carbocycles. The first-order chi connectivity index (χ1) is 2.77. The smallest absolute Gasteiger partial charge is 0.0343 e. The molecule has 1 atom stereocenters. The van der Waals surface area contributed by atoms with E-state index in [1.165, 1.54) is 10.4 Å². The SMILES string of the molecule is O=S([O-])NNO. The molecular formula is H3N2O3S-. The van der Waals surface area contributed by atoms with Crippen molar-refractivity contribution in [2.45, 2.75) is 0 Å². The summed E-state index contributed by atoms with van der Waals surface area (Å²) < 4.78 is 18.5. The lowest BCUT2D eigenvalue weighted by molar-refractivity contribution is 0.147. The lowest BCUT2D eigenvalue weighted by atomic mass is 12.8. The molecule has 0 rings (SSSR count). The van der Waals surface area contributed by atoms with E-state index in [9.17, 15) is 8.76 Å². The lowest BCUT2D eigenvalue weighted by Crippen LogP contribution is -2.29. The Morgan fingerprint density at radius 3 is 2.33 bits per heavy atom. The molecule has 0 aliphatic carbocycles. The molecule has 0 aliphatic rings. The van der Waals surface area contributed by atoms with Gasteiger partial charge in [0, 0.05) is 11.3 Å². The first-order valence-electron chi connectivity index (χ1n) is 1.01. The van der Waals surface area contributed by atoms with Crippen LogP contribution < -0.4 is 10.4 Å². The predicted molar refractivity (Wildman–Crippen MR) is 17.0 cm³/mol. The molecule has 0 aromatic heterocycles. The minimum absolute atomic E-state index is 1.20. The summed E-state index contributed by atoms with van der Waals surface area (Å²) in [6, 6.07) is 0. The molecule has 0 radical (unpaired) electrons. The van der Waals surface area contributed by atoms with Gasteiger partial charge in [0.1, 0.15) is 0 Å². The zero-order chi connectivity index (χ0) is 4.99. The number of hydrogen-bond donors (Lipinski definition) is 3. The molecule has 5 nitrogen and oxygen atoms in total. The fraction of sp³-hybridized carbons (Fsp3) is 0. The van der Waals surface area contributed by atoms with Gasteiger partial charge < -0.3 is 9.76 Å². The Bertz CT molecular complexity index is 52.8. The Hall–Kier alpha value is -0.0100. The van der Waals surface area contributed by atoms with Crippen LogP contribution in [0.2, 0.25) is 0 Å². The Balaban J connectivity index is 2.83. The first-order valence-corrected chi connectivity index (χ1v) is 2.09. The highest BCUT2D eigenvalue weighted by Gasteiger charge is 1.67. The van der Waals surface area contributed by atoms with Gasteiger partial charge in [0.25, 0.3) is 0 Å². The van der Waals surface area contributed by atoms with Crippen molar-refractivity contribution in [2.24, 2.45) is 0 Å². The summed E-state index contributed by atoms with van der Waals surface area (Å²) in [5.41, 5.74) is 1.20. The van der Waals surface area contributed by atoms with Gasteiger partial charge in [0.05, 0.1) is 0 Å². The van der Waals surface area contributed by atoms with Gasteiger partial charge in [-0.1, -0.05) is 0 Å². The van der Waals surface area contributed by atoms with Crippen molar-refractivity contribution >= 4 is 11.3 Å². The number of hydrogen-bond acceptors (Lipinski definition) is 4. The van der Waals surface area contributed by atoms with Crippen molar-refractivity contribution in [1.82, 2.24) is 10.4 Å². The van der Waals surface area contributed by atoms with Crippen LogP contribution in [0.5, 0.6) is 0 Å². The van der Waals surface area contributed by atoms with Crippen LogP contribution in [-0.2, 0) is 11.3 Å². The summed E-state index contributed by atoms with van der Waals surface area (Å²) in [4.78, 5) is 1.43. The third-order valence-corrected chi connectivity index (χ3v) is 0.387. The van der Waals surface area contributed by atoms with Gasteiger partial charge in [0.2, 0.25) is 0 Å². The molecule has 0 amide bonds. The third-order valence-electron chi connectivity index (χ3n) is 0.129. The van der Waals surface area contributed by atoms with E-state index < -0.39 is 11.3 Å². The average molecular weight is 111 g/mol. The van der Waals surface area contributed by atoms with E-state index in [-0.39, 0.29) is 0 Å². The summed E-state index contributed by atoms with van der Waals surface area (Å²) in [6.45, 7) is 0. The summed E-state index contributed by atoms with van der Waals surface area (Å²) in [7, 11) is 0. The third kappa shape index (κ3) is 3.99. The van der Waals surface area contributed by atoms with Gasteiger partial charge in [-0.2, -0.15) is 4.83 Å². The Kier molecular flexibility index (Phi) is 3.19. The standard InChI is InChI=1S/H4N2O3S/c3-1-2-6(4)5/h1-3H,(H,4,5)/p-1. The maximum atomic E-state index is 9.27. The van der Waals surface area contributed by atoms with E-state index in [4.69, 9.17) is 5.21 Å². The highest BCUT2D eigenvalue weighted by Crippen LogP contribution is 1.47. The van der Waals surface area contributed by atoms with Gasteiger partial charge >= 0.3 is 0 Å². The molecule has 0 saturated heterocycles. The predicted octanol–water partition coefficient (Wildman–Crippen LogP) is -1.74. The van der Waals surface area contributed by atoms with E-state index in [2.05, 4.69) is 0 Å². The van der Waals surface area contributed by atoms with Crippen LogP contribution in [-0.4, -0.2) is 14.0 Å². The Morgan fingerprint density at radius 1 is 1.83 bits per heavy atom. The minimum Gasteiger partial charge on any atom is -0.759 e. The van der Waals surface area contributed by atoms with Gasteiger partial charge in [-0.15, -0.1) is 5.59 Å². The van der Waals surface area contributed by atoms with Gasteiger partial charge in [-0.05, 0) is 0 Å². The van der Waals surface area contributed by atoms with E-state index in [0.29, 0.717) is 0 Å². The second kappa shape index (κ2) is 3.19. The van der Waals surface area contributed by atoms with Crippen LogP contribution in [0.3, 0.4) is 0 Å². The molecule has 0 aliphatic heterocycles. The van der Waals surface area contributed by atoms with E-state index in [0.717, 1.165) is 0 Å².